The normalized spacial score (nSPS) is 24.8. The van der Waals surface area contributed by atoms with E-state index in [-0.39, 0.29) is 5.56 Å². The summed E-state index contributed by atoms with van der Waals surface area (Å²) in [7, 11) is 1.46. The molecule has 0 saturated carbocycles. The SMILES string of the molecule is COc1ccc([C@@H]2NC(=S)N[C@](O)(C(F)(F)F)[C@@H]2C(=O)c2ccccc2)cc1. The molecular weight excluding hydrogens is 393 g/mol. The summed E-state index contributed by atoms with van der Waals surface area (Å²) in [6.07, 6.45) is -5.15. The second kappa shape index (κ2) is 7.40. The van der Waals surface area contributed by atoms with Crippen molar-refractivity contribution in [2.45, 2.75) is 17.9 Å². The van der Waals surface area contributed by atoms with Crippen LogP contribution >= 0.6 is 12.2 Å². The van der Waals surface area contributed by atoms with Gasteiger partial charge in [0.25, 0.3) is 0 Å². The third-order valence-electron chi connectivity index (χ3n) is 4.62. The molecule has 0 aromatic heterocycles. The molecule has 3 atom stereocenters. The van der Waals surface area contributed by atoms with Crippen molar-refractivity contribution in [1.29, 1.82) is 0 Å². The topological polar surface area (TPSA) is 70.6 Å². The van der Waals surface area contributed by atoms with Crippen LogP contribution in [-0.4, -0.2) is 35.0 Å². The Morgan fingerprint density at radius 2 is 1.75 bits per heavy atom. The van der Waals surface area contributed by atoms with Gasteiger partial charge in [0.15, 0.2) is 10.9 Å². The molecule has 2 aromatic rings. The first-order valence-corrected chi connectivity index (χ1v) is 8.69. The number of halogens is 3. The summed E-state index contributed by atoms with van der Waals surface area (Å²) < 4.78 is 46.6. The second-order valence-corrected chi connectivity index (χ2v) is 6.73. The monoisotopic (exact) mass is 410 g/mol. The molecule has 1 heterocycles. The Labute approximate surface area is 164 Å². The van der Waals surface area contributed by atoms with Crippen LogP contribution in [0, 0.1) is 5.92 Å². The first kappa shape index (κ1) is 20.1. The predicted octanol–water partition coefficient (Wildman–Crippen LogP) is 2.96. The highest BCUT2D eigenvalue weighted by molar-refractivity contribution is 7.80. The van der Waals surface area contributed by atoms with Crippen molar-refractivity contribution in [3.63, 3.8) is 0 Å². The van der Waals surface area contributed by atoms with E-state index < -0.39 is 34.8 Å². The van der Waals surface area contributed by atoms with Crippen LogP contribution in [0.3, 0.4) is 0 Å². The van der Waals surface area contributed by atoms with Crippen molar-refractivity contribution >= 4 is 23.1 Å². The summed E-state index contributed by atoms with van der Waals surface area (Å²) in [5.74, 6) is -2.30. The molecule has 3 N–H and O–H groups in total. The summed E-state index contributed by atoms with van der Waals surface area (Å²) in [6, 6.07) is 12.5. The summed E-state index contributed by atoms with van der Waals surface area (Å²) in [5, 5.41) is 14.7. The molecule has 1 saturated heterocycles. The number of ketones is 1. The van der Waals surface area contributed by atoms with Crippen molar-refractivity contribution in [3.8, 4) is 5.75 Å². The number of methoxy groups -OCH3 is 1. The van der Waals surface area contributed by atoms with Gasteiger partial charge in [-0.15, -0.1) is 0 Å². The number of thiocarbonyl (C=S) groups is 1. The Morgan fingerprint density at radius 3 is 2.29 bits per heavy atom. The van der Waals surface area contributed by atoms with Crippen molar-refractivity contribution in [1.82, 2.24) is 10.6 Å². The van der Waals surface area contributed by atoms with Gasteiger partial charge in [-0.3, -0.25) is 4.79 Å². The minimum Gasteiger partial charge on any atom is -0.497 e. The fourth-order valence-corrected chi connectivity index (χ4v) is 3.49. The van der Waals surface area contributed by atoms with Gasteiger partial charge in [0, 0.05) is 5.56 Å². The molecule has 3 rings (SSSR count). The van der Waals surface area contributed by atoms with E-state index >= 15 is 0 Å². The van der Waals surface area contributed by atoms with E-state index in [0.29, 0.717) is 11.3 Å². The standard InChI is InChI=1S/C19H17F3N2O3S/c1-27-13-9-7-11(8-10-13)15-14(16(25)12-5-3-2-4-6-12)18(26,19(20,21)22)24-17(28)23-15/h2-10,14-15,26H,1H3,(H2,23,24,28)/t14-,15-,18+/m0/s1. The average molecular weight is 410 g/mol. The van der Waals surface area contributed by atoms with Crippen LogP contribution in [0.1, 0.15) is 22.0 Å². The number of carbonyl (C=O) groups is 1. The van der Waals surface area contributed by atoms with Crippen molar-refractivity contribution < 1.29 is 27.8 Å². The fraction of sp³-hybridized carbons (Fsp3) is 0.263. The van der Waals surface area contributed by atoms with Gasteiger partial charge in [0.2, 0.25) is 5.72 Å². The number of ether oxygens (including phenoxy) is 1. The zero-order valence-electron chi connectivity index (χ0n) is 14.7. The van der Waals surface area contributed by atoms with E-state index in [9.17, 15) is 23.1 Å². The minimum absolute atomic E-state index is 0.0464. The third kappa shape index (κ3) is 3.55. The number of hydrogen-bond donors (Lipinski definition) is 3. The number of hydrogen-bond acceptors (Lipinski definition) is 4. The smallest absolute Gasteiger partial charge is 0.437 e. The lowest BCUT2D eigenvalue weighted by Crippen LogP contribution is -2.72. The van der Waals surface area contributed by atoms with Gasteiger partial charge in [-0.2, -0.15) is 13.2 Å². The van der Waals surface area contributed by atoms with Gasteiger partial charge in [-0.1, -0.05) is 42.5 Å². The number of benzene rings is 2. The Hall–Kier alpha value is -2.65. The number of aliphatic hydroxyl groups is 1. The molecule has 0 aliphatic carbocycles. The number of Topliss-reactive ketones (excluding diaryl/α,β-unsaturated/α-hetero) is 1. The molecule has 5 nitrogen and oxygen atoms in total. The highest BCUT2D eigenvalue weighted by Gasteiger charge is 2.65. The highest BCUT2D eigenvalue weighted by Crippen LogP contribution is 2.44. The lowest BCUT2D eigenvalue weighted by molar-refractivity contribution is -0.285. The van der Waals surface area contributed by atoms with Gasteiger partial charge in [-0.25, -0.2) is 0 Å². The molecule has 1 aliphatic heterocycles. The van der Waals surface area contributed by atoms with E-state index in [2.05, 4.69) is 5.32 Å². The van der Waals surface area contributed by atoms with Gasteiger partial charge in [0.1, 0.15) is 11.7 Å². The Morgan fingerprint density at radius 1 is 1.14 bits per heavy atom. The molecule has 9 heteroatoms. The highest BCUT2D eigenvalue weighted by atomic mass is 32.1. The number of carbonyl (C=O) groups excluding carboxylic acids is 1. The largest absolute Gasteiger partial charge is 0.497 e. The summed E-state index contributed by atoms with van der Waals surface area (Å²) in [6.45, 7) is 0. The number of rotatable bonds is 4. The molecular formula is C19H17F3N2O3S. The molecule has 0 amide bonds. The summed E-state index contributed by atoms with van der Waals surface area (Å²) in [5.41, 5.74) is -3.14. The van der Waals surface area contributed by atoms with E-state index in [4.69, 9.17) is 17.0 Å². The van der Waals surface area contributed by atoms with Crippen molar-refractivity contribution in [3.05, 3.63) is 65.7 Å². The van der Waals surface area contributed by atoms with Crippen LogP contribution in [0.25, 0.3) is 0 Å². The van der Waals surface area contributed by atoms with Crippen molar-refractivity contribution in [2.24, 2.45) is 5.92 Å². The molecule has 0 bridgehead atoms. The van der Waals surface area contributed by atoms with Gasteiger partial charge in [0.05, 0.1) is 13.2 Å². The van der Waals surface area contributed by atoms with E-state index in [1.165, 1.54) is 43.5 Å². The van der Waals surface area contributed by atoms with Crippen molar-refractivity contribution in [2.75, 3.05) is 7.11 Å². The summed E-state index contributed by atoms with van der Waals surface area (Å²) in [4.78, 5) is 13.1. The second-order valence-electron chi connectivity index (χ2n) is 6.32. The quantitative estimate of drug-likeness (QED) is 0.532. The van der Waals surface area contributed by atoms with Gasteiger partial charge in [-0.05, 0) is 29.9 Å². The third-order valence-corrected chi connectivity index (χ3v) is 4.84. The van der Waals surface area contributed by atoms with E-state index in [1.54, 1.807) is 18.2 Å². The minimum atomic E-state index is -5.15. The first-order valence-electron chi connectivity index (χ1n) is 8.28. The van der Waals surface area contributed by atoms with Gasteiger partial charge < -0.3 is 20.5 Å². The molecule has 1 fully saturated rings. The number of alkyl halides is 3. The Balaban J connectivity index is 2.13. The first-order chi connectivity index (χ1) is 13.2. The zero-order chi connectivity index (χ0) is 20.5. The average Bonchev–Trinajstić information content (AvgIpc) is 2.67. The molecule has 2 aromatic carbocycles. The molecule has 148 valence electrons. The zero-order valence-corrected chi connectivity index (χ0v) is 15.5. The summed E-state index contributed by atoms with van der Waals surface area (Å²) >= 11 is 4.89. The van der Waals surface area contributed by atoms with Crippen LogP contribution in [0.15, 0.2) is 54.6 Å². The van der Waals surface area contributed by atoms with Crippen LogP contribution in [0.2, 0.25) is 0 Å². The molecule has 0 unspecified atom stereocenters. The molecule has 0 radical (unpaired) electrons. The maximum atomic E-state index is 13.9. The maximum absolute atomic E-state index is 13.9. The fourth-order valence-electron chi connectivity index (χ4n) is 3.21. The van der Waals surface area contributed by atoms with Crippen LogP contribution in [0.4, 0.5) is 13.2 Å². The van der Waals surface area contributed by atoms with Crippen LogP contribution in [0.5, 0.6) is 5.75 Å². The van der Waals surface area contributed by atoms with E-state index in [0.717, 1.165) is 0 Å². The van der Waals surface area contributed by atoms with Crippen LogP contribution in [-0.2, 0) is 0 Å². The lowest BCUT2D eigenvalue weighted by atomic mass is 9.77. The predicted molar refractivity (Wildman–Crippen MR) is 99.9 cm³/mol. The Bertz CT molecular complexity index is 874. The van der Waals surface area contributed by atoms with Crippen LogP contribution < -0.4 is 15.4 Å². The lowest BCUT2D eigenvalue weighted by Gasteiger charge is -2.46. The number of nitrogens with one attached hydrogen (secondary N) is 2. The molecule has 0 spiro atoms. The van der Waals surface area contributed by atoms with Gasteiger partial charge >= 0.3 is 6.18 Å². The Kier molecular flexibility index (Phi) is 5.31. The maximum Gasteiger partial charge on any atom is 0.437 e. The molecule has 1 aliphatic rings. The van der Waals surface area contributed by atoms with E-state index in [1.807, 2.05) is 5.32 Å². The molecule has 28 heavy (non-hydrogen) atoms.